The van der Waals surface area contributed by atoms with Crippen molar-refractivity contribution in [1.82, 2.24) is 14.8 Å². The molecule has 0 spiro atoms. The zero-order valence-electron chi connectivity index (χ0n) is 11.9. The molecule has 0 amide bonds. The van der Waals surface area contributed by atoms with Gasteiger partial charge in [0.1, 0.15) is 12.2 Å². The van der Waals surface area contributed by atoms with Crippen LogP contribution < -0.4 is 5.73 Å². The van der Waals surface area contributed by atoms with E-state index < -0.39 is 0 Å². The largest absolute Gasteiger partial charge is 0.319 e. The van der Waals surface area contributed by atoms with Gasteiger partial charge in [0.25, 0.3) is 0 Å². The van der Waals surface area contributed by atoms with E-state index in [0.29, 0.717) is 5.92 Å². The summed E-state index contributed by atoms with van der Waals surface area (Å²) in [6.07, 6.45) is 8.75. The number of aryl methyl sites for hydroxylation is 1. The lowest BCUT2D eigenvalue weighted by atomic mass is 9.48. The van der Waals surface area contributed by atoms with Gasteiger partial charge in [-0.1, -0.05) is 0 Å². The molecule has 4 nitrogen and oxygen atoms in total. The standard InChI is InChI=1S/C15H24N4/c1-15(16,14-17-8-18-19(14)2)13-11-4-9-3-10(6-11)7-12(13)5-9/h8-13H,3-7,16H2,1-2H3. The summed E-state index contributed by atoms with van der Waals surface area (Å²) >= 11 is 0. The highest BCUT2D eigenvalue weighted by Crippen LogP contribution is 2.59. The van der Waals surface area contributed by atoms with Crippen molar-refractivity contribution in [2.45, 2.75) is 44.6 Å². The van der Waals surface area contributed by atoms with E-state index in [4.69, 9.17) is 5.73 Å². The highest BCUT2D eigenvalue weighted by molar-refractivity contribution is 5.12. The summed E-state index contributed by atoms with van der Waals surface area (Å²) in [6, 6.07) is 0. The Morgan fingerprint density at radius 2 is 1.74 bits per heavy atom. The summed E-state index contributed by atoms with van der Waals surface area (Å²) in [6.45, 7) is 2.18. The van der Waals surface area contributed by atoms with Crippen LogP contribution >= 0.6 is 0 Å². The second-order valence-corrected chi connectivity index (χ2v) is 7.45. The highest BCUT2D eigenvalue weighted by Gasteiger charge is 2.54. The lowest BCUT2D eigenvalue weighted by molar-refractivity contribution is -0.0700. The summed E-state index contributed by atoms with van der Waals surface area (Å²) in [4.78, 5) is 4.45. The third-order valence-electron chi connectivity index (χ3n) is 6.11. The minimum Gasteiger partial charge on any atom is -0.319 e. The second kappa shape index (κ2) is 3.81. The number of nitrogens with two attached hydrogens (primary N) is 1. The molecular weight excluding hydrogens is 236 g/mol. The first-order valence-electron chi connectivity index (χ1n) is 7.69. The Hall–Kier alpha value is -0.900. The van der Waals surface area contributed by atoms with Crippen LogP contribution in [-0.4, -0.2) is 14.8 Å². The van der Waals surface area contributed by atoms with Crippen molar-refractivity contribution in [2.75, 3.05) is 0 Å². The van der Waals surface area contributed by atoms with Gasteiger partial charge in [0, 0.05) is 7.05 Å². The summed E-state index contributed by atoms with van der Waals surface area (Å²) in [5.74, 6) is 5.20. The molecule has 0 aliphatic heterocycles. The summed E-state index contributed by atoms with van der Waals surface area (Å²) in [7, 11) is 1.96. The lowest BCUT2D eigenvalue weighted by Gasteiger charge is -2.58. The van der Waals surface area contributed by atoms with E-state index in [1.165, 1.54) is 32.1 Å². The molecule has 5 rings (SSSR count). The molecule has 2 N–H and O–H groups in total. The van der Waals surface area contributed by atoms with E-state index in [0.717, 1.165) is 29.5 Å². The second-order valence-electron chi connectivity index (χ2n) is 7.45. The summed E-state index contributed by atoms with van der Waals surface area (Å²) < 4.78 is 1.87. The van der Waals surface area contributed by atoms with Crippen molar-refractivity contribution in [1.29, 1.82) is 0 Å². The molecule has 4 saturated carbocycles. The van der Waals surface area contributed by atoms with Crippen LogP contribution in [0.15, 0.2) is 6.33 Å². The average Bonchev–Trinajstić information content (AvgIpc) is 2.74. The summed E-state index contributed by atoms with van der Waals surface area (Å²) in [5, 5.41) is 4.22. The Morgan fingerprint density at radius 1 is 1.16 bits per heavy atom. The predicted molar refractivity (Wildman–Crippen MR) is 73.1 cm³/mol. The molecule has 4 aliphatic carbocycles. The van der Waals surface area contributed by atoms with Crippen LogP contribution in [-0.2, 0) is 12.6 Å². The van der Waals surface area contributed by atoms with Gasteiger partial charge in [0.05, 0.1) is 5.54 Å². The maximum atomic E-state index is 6.79. The maximum absolute atomic E-state index is 6.79. The quantitative estimate of drug-likeness (QED) is 0.885. The highest BCUT2D eigenvalue weighted by atomic mass is 15.3. The third kappa shape index (κ3) is 1.62. The summed E-state index contributed by atoms with van der Waals surface area (Å²) in [5.41, 5.74) is 6.46. The van der Waals surface area contributed by atoms with Crippen molar-refractivity contribution in [2.24, 2.45) is 42.4 Å². The number of nitrogens with zero attached hydrogens (tertiary/aromatic N) is 3. The number of aromatic nitrogens is 3. The van der Waals surface area contributed by atoms with Crippen LogP contribution in [0.5, 0.6) is 0 Å². The molecule has 0 saturated heterocycles. The molecule has 1 heterocycles. The maximum Gasteiger partial charge on any atom is 0.146 e. The van der Waals surface area contributed by atoms with Gasteiger partial charge in [-0.2, -0.15) is 5.10 Å². The molecular formula is C15H24N4. The van der Waals surface area contributed by atoms with E-state index in [2.05, 4.69) is 17.0 Å². The average molecular weight is 260 g/mol. The molecule has 4 fully saturated rings. The Balaban J connectivity index is 1.70. The minimum absolute atomic E-state index is 0.326. The Morgan fingerprint density at radius 3 is 2.21 bits per heavy atom. The predicted octanol–water partition coefficient (Wildman–Crippen LogP) is 2.06. The van der Waals surface area contributed by atoms with Crippen LogP contribution in [0.3, 0.4) is 0 Å². The topological polar surface area (TPSA) is 56.7 Å². The first kappa shape index (κ1) is 11.9. The molecule has 1 unspecified atom stereocenters. The fourth-order valence-electron chi connectivity index (χ4n) is 5.84. The van der Waals surface area contributed by atoms with Crippen molar-refractivity contribution >= 4 is 0 Å². The van der Waals surface area contributed by atoms with E-state index in [1.54, 1.807) is 6.33 Å². The molecule has 4 bridgehead atoms. The van der Waals surface area contributed by atoms with Crippen LogP contribution in [0, 0.1) is 29.6 Å². The van der Waals surface area contributed by atoms with Gasteiger partial charge in [-0.15, -0.1) is 0 Å². The molecule has 1 aromatic heterocycles. The number of hydrogen-bond donors (Lipinski definition) is 1. The fraction of sp³-hybridized carbons (Fsp3) is 0.867. The van der Waals surface area contributed by atoms with E-state index in [1.807, 2.05) is 11.7 Å². The molecule has 0 aromatic carbocycles. The van der Waals surface area contributed by atoms with Crippen LogP contribution in [0.2, 0.25) is 0 Å². The van der Waals surface area contributed by atoms with Gasteiger partial charge >= 0.3 is 0 Å². The smallest absolute Gasteiger partial charge is 0.146 e. The van der Waals surface area contributed by atoms with Gasteiger partial charge in [-0.3, -0.25) is 4.68 Å². The molecule has 4 heteroatoms. The third-order valence-corrected chi connectivity index (χ3v) is 6.11. The van der Waals surface area contributed by atoms with Crippen molar-refractivity contribution in [3.63, 3.8) is 0 Å². The van der Waals surface area contributed by atoms with Crippen LogP contribution in [0.25, 0.3) is 0 Å². The van der Waals surface area contributed by atoms with Crippen LogP contribution in [0.1, 0.15) is 44.9 Å². The van der Waals surface area contributed by atoms with Crippen molar-refractivity contribution < 1.29 is 0 Å². The molecule has 19 heavy (non-hydrogen) atoms. The van der Waals surface area contributed by atoms with Gasteiger partial charge in [-0.05, 0) is 68.6 Å². The molecule has 0 radical (unpaired) electrons. The first-order valence-corrected chi connectivity index (χ1v) is 7.69. The number of rotatable bonds is 2. The van der Waals surface area contributed by atoms with E-state index >= 15 is 0 Å². The van der Waals surface area contributed by atoms with Gasteiger partial charge in [0.2, 0.25) is 0 Å². The zero-order chi connectivity index (χ0) is 13.2. The monoisotopic (exact) mass is 260 g/mol. The van der Waals surface area contributed by atoms with Crippen molar-refractivity contribution in [3.8, 4) is 0 Å². The lowest BCUT2D eigenvalue weighted by Crippen LogP contribution is -2.56. The van der Waals surface area contributed by atoms with Gasteiger partial charge < -0.3 is 5.73 Å². The molecule has 4 aliphatic rings. The zero-order valence-corrected chi connectivity index (χ0v) is 11.9. The van der Waals surface area contributed by atoms with E-state index in [9.17, 15) is 0 Å². The Labute approximate surface area is 114 Å². The SMILES string of the molecule is Cn1ncnc1C(C)(N)C1C2CC3CC(C2)CC1C3. The number of hydrogen-bond acceptors (Lipinski definition) is 3. The van der Waals surface area contributed by atoms with Crippen LogP contribution in [0.4, 0.5) is 0 Å². The molecule has 104 valence electrons. The van der Waals surface area contributed by atoms with Crippen molar-refractivity contribution in [3.05, 3.63) is 12.2 Å². The van der Waals surface area contributed by atoms with Gasteiger partial charge in [-0.25, -0.2) is 4.98 Å². The van der Waals surface area contributed by atoms with Gasteiger partial charge in [0.15, 0.2) is 0 Å². The minimum atomic E-state index is -0.326. The Kier molecular flexibility index (Phi) is 2.39. The first-order chi connectivity index (χ1) is 9.05. The normalized spacial score (nSPS) is 43.4. The van der Waals surface area contributed by atoms with E-state index in [-0.39, 0.29) is 5.54 Å². The fourth-order valence-corrected chi connectivity index (χ4v) is 5.84. The Bertz CT molecular complexity index is 462. The molecule has 1 aromatic rings. The molecule has 1 atom stereocenters.